The van der Waals surface area contributed by atoms with E-state index in [9.17, 15) is 14.4 Å². The minimum absolute atomic E-state index is 0.105. The lowest BCUT2D eigenvalue weighted by Gasteiger charge is -2.37. The molecule has 0 aromatic heterocycles. The Hall–Kier alpha value is -3.21. The molecule has 1 N–H and O–H groups in total. The summed E-state index contributed by atoms with van der Waals surface area (Å²) in [5.41, 5.74) is 3.79. The van der Waals surface area contributed by atoms with E-state index >= 15 is 0 Å². The van der Waals surface area contributed by atoms with Crippen molar-refractivity contribution in [3.8, 4) is 0 Å². The molecule has 0 spiro atoms. The number of carbonyl (C=O) groups excluding carboxylic acids is 3. The monoisotopic (exact) mass is 412 g/mol. The number of benzene rings is 2. The van der Waals surface area contributed by atoms with E-state index in [0.717, 1.165) is 23.2 Å². The van der Waals surface area contributed by atoms with Crippen LogP contribution in [0.1, 0.15) is 27.9 Å². The van der Waals surface area contributed by atoms with Crippen LogP contribution in [0.2, 0.25) is 0 Å². The third kappa shape index (κ3) is 2.72. The minimum atomic E-state index is -0.258. The van der Waals surface area contributed by atoms with Gasteiger partial charge in [0, 0.05) is 11.3 Å². The quantitative estimate of drug-likeness (QED) is 0.609. The fourth-order valence-corrected chi connectivity index (χ4v) is 6.25. The van der Waals surface area contributed by atoms with E-state index in [1.807, 2.05) is 32.0 Å². The lowest BCUT2D eigenvalue weighted by atomic mass is 9.63. The highest BCUT2D eigenvalue weighted by Crippen LogP contribution is 2.65. The first-order valence-electron chi connectivity index (χ1n) is 11.0. The third-order valence-electron chi connectivity index (χ3n) is 7.51. The van der Waals surface area contributed by atoms with Crippen LogP contribution in [0.3, 0.4) is 0 Å². The number of allylic oxidation sites excluding steroid dienone is 2. The summed E-state index contributed by atoms with van der Waals surface area (Å²) in [6, 6.07) is 12.7. The number of aryl methyl sites for hydroxylation is 2. The van der Waals surface area contributed by atoms with Crippen LogP contribution in [0.4, 0.5) is 11.4 Å². The zero-order valence-electron chi connectivity index (χ0n) is 17.5. The van der Waals surface area contributed by atoms with Crippen LogP contribution in [-0.4, -0.2) is 17.7 Å². The summed E-state index contributed by atoms with van der Waals surface area (Å²) in [5, 5.41) is 2.93. The largest absolute Gasteiger partial charge is 0.322 e. The van der Waals surface area contributed by atoms with Crippen molar-refractivity contribution in [1.29, 1.82) is 0 Å². The number of imide groups is 1. The van der Waals surface area contributed by atoms with Gasteiger partial charge in [-0.3, -0.25) is 14.4 Å². The Labute approximate surface area is 181 Å². The zero-order chi connectivity index (χ0) is 21.4. The Kier molecular flexibility index (Phi) is 3.83. The van der Waals surface area contributed by atoms with Gasteiger partial charge in [-0.25, -0.2) is 4.90 Å². The molecule has 6 atom stereocenters. The van der Waals surface area contributed by atoms with Gasteiger partial charge >= 0.3 is 0 Å². The number of hydrogen-bond acceptors (Lipinski definition) is 3. The molecule has 5 heteroatoms. The molecule has 1 heterocycles. The first kappa shape index (κ1) is 18.6. The Morgan fingerprint density at radius 2 is 1.52 bits per heavy atom. The molecule has 5 aliphatic rings. The van der Waals surface area contributed by atoms with Crippen LogP contribution in [0.15, 0.2) is 54.6 Å². The molecule has 0 radical (unpaired) electrons. The summed E-state index contributed by atoms with van der Waals surface area (Å²) in [4.78, 5) is 40.8. The number of nitrogens with one attached hydrogen (secondary N) is 1. The topological polar surface area (TPSA) is 66.5 Å². The number of rotatable bonds is 3. The molecule has 2 aromatic rings. The summed E-state index contributed by atoms with van der Waals surface area (Å²) in [7, 11) is 0. The van der Waals surface area contributed by atoms with Crippen molar-refractivity contribution in [3.63, 3.8) is 0 Å². The second-order valence-electron chi connectivity index (χ2n) is 9.55. The molecule has 7 rings (SSSR count). The van der Waals surface area contributed by atoms with Crippen LogP contribution in [0.25, 0.3) is 0 Å². The van der Waals surface area contributed by atoms with Crippen LogP contribution in [-0.2, 0) is 9.59 Å². The van der Waals surface area contributed by atoms with Gasteiger partial charge in [0.05, 0.1) is 17.5 Å². The Balaban J connectivity index is 1.28. The van der Waals surface area contributed by atoms with Crippen molar-refractivity contribution < 1.29 is 14.4 Å². The fraction of sp³-hybridized carbons (Fsp3) is 0.346. The maximum atomic E-state index is 13.3. The second-order valence-corrected chi connectivity index (χ2v) is 9.55. The van der Waals surface area contributed by atoms with Crippen LogP contribution in [0.5, 0.6) is 0 Å². The van der Waals surface area contributed by atoms with Crippen LogP contribution in [0, 0.1) is 49.4 Å². The molecule has 4 aliphatic carbocycles. The van der Waals surface area contributed by atoms with Gasteiger partial charge in [0.2, 0.25) is 11.8 Å². The average molecular weight is 412 g/mol. The van der Waals surface area contributed by atoms with Crippen molar-refractivity contribution >= 4 is 29.1 Å². The summed E-state index contributed by atoms with van der Waals surface area (Å²) < 4.78 is 0. The first-order valence-corrected chi connectivity index (χ1v) is 11.0. The zero-order valence-corrected chi connectivity index (χ0v) is 17.5. The molecule has 5 nitrogen and oxygen atoms in total. The van der Waals surface area contributed by atoms with Crippen LogP contribution < -0.4 is 10.2 Å². The van der Waals surface area contributed by atoms with Crippen molar-refractivity contribution in [3.05, 3.63) is 71.3 Å². The van der Waals surface area contributed by atoms with E-state index in [1.165, 1.54) is 4.90 Å². The van der Waals surface area contributed by atoms with Gasteiger partial charge in [0.25, 0.3) is 5.91 Å². The smallest absolute Gasteiger partial charge is 0.255 e. The van der Waals surface area contributed by atoms with Crippen molar-refractivity contribution in [2.75, 3.05) is 10.2 Å². The van der Waals surface area contributed by atoms with Crippen molar-refractivity contribution in [2.24, 2.45) is 35.5 Å². The van der Waals surface area contributed by atoms with E-state index < -0.39 is 0 Å². The van der Waals surface area contributed by atoms with E-state index in [2.05, 4.69) is 17.5 Å². The van der Waals surface area contributed by atoms with Crippen molar-refractivity contribution in [1.82, 2.24) is 0 Å². The van der Waals surface area contributed by atoms with Gasteiger partial charge in [-0.1, -0.05) is 24.3 Å². The molecule has 1 saturated heterocycles. The minimum Gasteiger partial charge on any atom is -0.322 e. The maximum Gasteiger partial charge on any atom is 0.255 e. The fourth-order valence-electron chi connectivity index (χ4n) is 6.25. The number of hydrogen-bond donors (Lipinski definition) is 1. The predicted molar refractivity (Wildman–Crippen MR) is 118 cm³/mol. The summed E-state index contributed by atoms with van der Waals surface area (Å²) in [6.07, 6.45) is 5.48. The summed E-state index contributed by atoms with van der Waals surface area (Å²) in [6.45, 7) is 3.97. The van der Waals surface area contributed by atoms with Gasteiger partial charge in [-0.2, -0.15) is 0 Å². The third-order valence-corrected chi connectivity index (χ3v) is 7.51. The molecule has 1 aliphatic heterocycles. The molecule has 0 unspecified atom stereocenters. The van der Waals surface area contributed by atoms with Gasteiger partial charge in [0.1, 0.15) is 0 Å². The van der Waals surface area contributed by atoms with E-state index in [-0.39, 0.29) is 41.4 Å². The average Bonchev–Trinajstić information content (AvgIpc) is 3.51. The Morgan fingerprint density at radius 1 is 0.903 bits per heavy atom. The standard InChI is InChI=1S/C26H24N2O3/c1-13-8-14(2)10-16(9-13)27-24(29)15-4-3-5-17(11-15)28-25(30)22-18-6-7-19(21-12-20(18)21)23(22)26(28)31/h3-11,18-23H,12H2,1-2H3,(H,27,29)/t18-,19-,20-,21-,22-,23+/m0/s1. The van der Waals surface area contributed by atoms with Crippen LogP contribution >= 0.6 is 0 Å². The van der Waals surface area contributed by atoms with Crippen molar-refractivity contribution in [2.45, 2.75) is 20.3 Å². The summed E-state index contributed by atoms with van der Waals surface area (Å²) >= 11 is 0. The molecule has 2 bridgehead atoms. The number of amides is 3. The molecular formula is C26H24N2O3. The highest BCUT2D eigenvalue weighted by atomic mass is 16.2. The highest BCUT2D eigenvalue weighted by Gasteiger charge is 2.67. The second kappa shape index (κ2) is 6.39. The Bertz CT molecular complexity index is 1130. The van der Waals surface area contributed by atoms with E-state index in [0.29, 0.717) is 23.1 Å². The molecule has 3 fully saturated rings. The van der Waals surface area contributed by atoms with E-state index in [1.54, 1.807) is 24.3 Å². The van der Waals surface area contributed by atoms with Gasteiger partial charge in [-0.15, -0.1) is 0 Å². The predicted octanol–water partition coefficient (Wildman–Crippen LogP) is 4.11. The SMILES string of the molecule is Cc1cc(C)cc(NC(=O)c2cccc(N3C(=O)[C@@H]4[C@H]5C=C[C@@H]([C@@H]6C[C@@H]56)[C@@H]4C3=O)c2)c1. The van der Waals surface area contributed by atoms with Gasteiger partial charge in [0.15, 0.2) is 0 Å². The lowest BCUT2D eigenvalue weighted by Crippen LogP contribution is -2.40. The summed E-state index contributed by atoms with van der Waals surface area (Å²) in [5.74, 6) is 0.586. The number of anilines is 2. The first-order chi connectivity index (χ1) is 14.9. The maximum absolute atomic E-state index is 13.3. The lowest BCUT2D eigenvalue weighted by molar-refractivity contribution is -0.124. The molecule has 3 amide bonds. The molecular weight excluding hydrogens is 388 g/mol. The van der Waals surface area contributed by atoms with Gasteiger partial charge < -0.3 is 5.32 Å². The number of nitrogens with zero attached hydrogens (tertiary/aromatic N) is 1. The van der Waals surface area contributed by atoms with Gasteiger partial charge in [-0.05, 0) is 85.4 Å². The Morgan fingerprint density at radius 3 is 2.13 bits per heavy atom. The highest BCUT2D eigenvalue weighted by molar-refractivity contribution is 6.23. The molecule has 156 valence electrons. The molecule has 31 heavy (non-hydrogen) atoms. The normalized spacial score (nSPS) is 32.1. The molecule has 2 saturated carbocycles. The van der Waals surface area contributed by atoms with E-state index in [4.69, 9.17) is 0 Å². The molecule has 2 aromatic carbocycles. The number of carbonyl (C=O) groups is 3.